The average molecular weight is 316 g/mol. The van der Waals surface area contributed by atoms with Crippen molar-refractivity contribution in [1.29, 1.82) is 0 Å². The lowest BCUT2D eigenvalue weighted by Gasteiger charge is -2.20. The molecular weight excluding hydrogens is 305 g/mol. The summed E-state index contributed by atoms with van der Waals surface area (Å²) >= 11 is 1.31. The second kappa shape index (κ2) is 6.21. The Morgan fingerprint density at radius 3 is 2.81 bits per heavy atom. The monoisotopic (exact) mass is 316 g/mol. The molecule has 1 aromatic carbocycles. The first-order valence-electron chi connectivity index (χ1n) is 5.91. The first kappa shape index (κ1) is 15.4. The van der Waals surface area contributed by atoms with Gasteiger partial charge in [-0.25, -0.2) is 0 Å². The Balaban J connectivity index is 2.01. The number of alkyl halides is 3. The SMILES string of the molecule is O=C(CN1C=CSCC1=O)Nc1cccc(C(F)(F)F)c1. The Hall–Kier alpha value is -1.96. The second-order valence-corrected chi connectivity index (χ2v) is 5.14. The van der Waals surface area contributed by atoms with E-state index < -0.39 is 17.6 Å². The largest absolute Gasteiger partial charge is 0.416 e. The van der Waals surface area contributed by atoms with Crippen LogP contribution in [-0.2, 0) is 15.8 Å². The number of amides is 2. The molecule has 0 atom stereocenters. The van der Waals surface area contributed by atoms with Gasteiger partial charge in [-0.15, -0.1) is 11.8 Å². The smallest absolute Gasteiger partial charge is 0.325 e. The Kier molecular flexibility index (Phi) is 4.56. The van der Waals surface area contributed by atoms with Gasteiger partial charge in [-0.2, -0.15) is 13.2 Å². The van der Waals surface area contributed by atoms with Gasteiger partial charge in [0.05, 0.1) is 11.3 Å². The van der Waals surface area contributed by atoms with Crippen LogP contribution in [0.3, 0.4) is 0 Å². The maximum absolute atomic E-state index is 12.6. The Morgan fingerprint density at radius 1 is 1.38 bits per heavy atom. The lowest BCUT2D eigenvalue weighted by molar-refractivity contribution is -0.137. The fraction of sp³-hybridized carbons (Fsp3) is 0.231. The molecule has 1 aliphatic heterocycles. The molecule has 0 aliphatic carbocycles. The predicted octanol–water partition coefficient (Wildman–Crippen LogP) is 2.69. The molecule has 1 aromatic rings. The summed E-state index contributed by atoms with van der Waals surface area (Å²) in [5, 5.41) is 4.03. The lowest BCUT2D eigenvalue weighted by Crippen LogP contribution is -2.36. The number of nitrogens with one attached hydrogen (secondary N) is 1. The fourth-order valence-electron chi connectivity index (χ4n) is 1.67. The molecule has 0 spiro atoms. The van der Waals surface area contributed by atoms with Crippen LogP contribution in [0.1, 0.15) is 5.56 Å². The molecule has 8 heteroatoms. The van der Waals surface area contributed by atoms with Crippen LogP contribution in [-0.4, -0.2) is 29.0 Å². The number of carbonyl (C=O) groups is 2. The van der Waals surface area contributed by atoms with E-state index in [1.54, 1.807) is 5.41 Å². The molecule has 0 fully saturated rings. The summed E-state index contributed by atoms with van der Waals surface area (Å²) in [4.78, 5) is 24.5. The van der Waals surface area contributed by atoms with E-state index in [1.807, 2.05) is 0 Å². The van der Waals surface area contributed by atoms with Crippen LogP contribution in [0.4, 0.5) is 18.9 Å². The summed E-state index contributed by atoms with van der Waals surface area (Å²) in [6.07, 6.45) is -2.99. The highest BCUT2D eigenvalue weighted by Crippen LogP contribution is 2.30. The highest BCUT2D eigenvalue weighted by molar-refractivity contribution is 8.02. The number of rotatable bonds is 3. The van der Waals surface area contributed by atoms with Gasteiger partial charge >= 0.3 is 6.18 Å². The normalized spacial score (nSPS) is 15.2. The molecular formula is C13H11F3N2O2S. The third-order valence-electron chi connectivity index (χ3n) is 2.65. The Labute approximate surface area is 123 Å². The molecule has 2 amide bonds. The molecule has 0 aromatic heterocycles. The molecule has 1 aliphatic rings. The van der Waals surface area contributed by atoms with Crippen molar-refractivity contribution in [2.24, 2.45) is 0 Å². The quantitative estimate of drug-likeness (QED) is 0.933. The van der Waals surface area contributed by atoms with Gasteiger partial charge < -0.3 is 10.2 Å². The number of benzene rings is 1. The van der Waals surface area contributed by atoms with Crippen molar-refractivity contribution < 1.29 is 22.8 Å². The summed E-state index contributed by atoms with van der Waals surface area (Å²) in [7, 11) is 0. The first-order chi connectivity index (χ1) is 9.86. The highest BCUT2D eigenvalue weighted by atomic mass is 32.2. The molecule has 0 bridgehead atoms. The van der Waals surface area contributed by atoms with E-state index in [9.17, 15) is 22.8 Å². The standard InChI is InChI=1S/C13H11F3N2O2S/c14-13(15,16)9-2-1-3-10(6-9)17-11(19)7-18-4-5-21-8-12(18)20/h1-6H,7-8H2,(H,17,19). The van der Waals surface area contributed by atoms with Crippen LogP contribution < -0.4 is 5.32 Å². The van der Waals surface area contributed by atoms with Gasteiger partial charge in [0.1, 0.15) is 6.54 Å². The summed E-state index contributed by atoms with van der Waals surface area (Å²) < 4.78 is 37.7. The van der Waals surface area contributed by atoms with Crippen molar-refractivity contribution >= 4 is 29.3 Å². The summed E-state index contributed by atoms with van der Waals surface area (Å²) in [5.74, 6) is -0.534. The number of carbonyl (C=O) groups excluding carboxylic acids is 2. The minimum atomic E-state index is -4.47. The van der Waals surface area contributed by atoms with Crippen LogP contribution in [0.2, 0.25) is 0 Å². The van der Waals surface area contributed by atoms with Crippen molar-refractivity contribution in [2.45, 2.75) is 6.18 Å². The molecule has 0 saturated carbocycles. The van der Waals surface area contributed by atoms with Gasteiger partial charge in [0, 0.05) is 11.9 Å². The second-order valence-electron chi connectivity index (χ2n) is 4.24. The lowest BCUT2D eigenvalue weighted by atomic mass is 10.2. The van der Waals surface area contributed by atoms with E-state index in [0.717, 1.165) is 12.1 Å². The minimum Gasteiger partial charge on any atom is -0.325 e. The number of hydrogen-bond donors (Lipinski definition) is 1. The van der Waals surface area contributed by atoms with E-state index >= 15 is 0 Å². The van der Waals surface area contributed by atoms with Gasteiger partial charge in [0.25, 0.3) is 0 Å². The van der Waals surface area contributed by atoms with Gasteiger partial charge in [-0.1, -0.05) is 6.07 Å². The molecule has 0 unspecified atom stereocenters. The summed E-state index contributed by atoms with van der Waals surface area (Å²) in [6.45, 7) is -0.230. The van der Waals surface area contributed by atoms with E-state index in [-0.39, 0.29) is 23.9 Å². The summed E-state index contributed by atoms with van der Waals surface area (Å²) in [5.41, 5.74) is -0.803. The zero-order valence-corrected chi connectivity index (χ0v) is 11.5. The maximum Gasteiger partial charge on any atom is 0.416 e. The van der Waals surface area contributed by atoms with E-state index in [4.69, 9.17) is 0 Å². The van der Waals surface area contributed by atoms with Crippen LogP contribution in [0.15, 0.2) is 35.9 Å². The van der Waals surface area contributed by atoms with E-state index in [1.165, 1.54) is 35.0 Å². The van der Waals surface area contributed by atoms with Gasteiger partial charge in [-0.05, 0) is 23.6 Å². The number of thioether (sulfide) groups is 1. The highest BCUT2D eigenvalue weighted by Gasteiger charge is 2.30. The number of nitrogens with zero attached hydrogens (tertiary/aromatic N) is 1. The van der Waals surface area contributed by atoms with Crippen molar-refractivity contribution in [3.63, 3.8) is 0 Å². The van der Waals surface area contributed by atoms with Crippen molar-refractivity contribution in [3.8, 4) is 0 Å². The third kappa shape index (κ3) is 4.25. The van der Waals surface area contributed by atoms with Crippen molar-refractivity contribution in [2.75, 3.05) is 17.6 Å². The average Bonchev–Trinajstić information content (AvgIpc) is 2.41. The van der Waals surface area contributed by atoms with Crippen molar-refractivity contribution in [3.05, 3.63) is 41.4 Å². The molecule has 0 radical (unpaired) electrons. The van der Waals surface area contributed by atoms with Crippen LogP contribution >= 0.6 is 11.8 Å². The molecule has 21 heavy (non-hydrogen) atoms. The molecule has 112 valence electrons. The third-order valence-corrected chi connectivity index (χ3v) is 3.38. The van der Waals surface area contributed by atoms with Crippen LogP contribution in [0.25, 0.3) is 0 Å². The molecule has 4 nitrogen and oxygen atoms in total. The zero-order chi connectivity index (χ0) is 15.5. The molecule has 0 saturated heterocycles. The predicted molar refractivity (Wildman–Crippen MR) is 73.4 cm³/mol. The Bertz CT molecular complexity index is 587. The van der Waals surface area contributed by atoms with E-state index in [2.05, 4.69) is 5.32 Å². The molecule has 1 heterocycles. The zero-order valence-electron chi connectivity index (χ0n) is 10.7. The molecule has 1 N–H and O–H groups in total. The Morgan fingerprint density at radius 2 is 2.14 bits per heavy atom. The van der Waals surface area contributed by atoms with Gasteiger partial charge in [0.2, 0.25) is 11.8 Å². The van der Waals surface area contributed by atoms with Gasteiger partial charge in [0.15, 0.2) is 0 Å². The van der Waals surface area contributed by atoms with Crippen molar-refractivity contribution in [1.82, 2.24) is 4.90 Å². The maximum atomic E-state index is 12.6. The topological polar surface area (TPSA) is 49.4 Å². The minimum absolute atomic E-state index is 0.0395. The van der Waals surface area contributed by atoms with Crippen LogP contribution in [0, 0.1) is 0 Å². The number of anilines is 1. The first-order valence-corrected chi connectivity index (χ1v) is 6.96. The summed E-state index contributed by atoms with van der Waals surface area (Å²) in [6, 6.07) is 4.34. The number of hydrogen-bond acceptors (Lipinski definition) is 3. The van der Waals surface area contributed by atoms with E-state index in [0.29, 0.717) is 0 Å². The number of halogens is 3. The molecule has 2 rings (SSSR count). The fourth-order valence-corrected chi connectivity index (χ4v) is 2.31. The van der Waals surface area contributed by atoms with Gasteiger partial charge in [-0.3, -0.25) is 9.59 Å². The van der Waals surface area contributed by atoms with Crippen LogP contribution in [0.5, 0.6) is 0 Å².